The van der Waals surface area contributed by atoms with Gasteiger partial charge in [0.15, 0.2) is 0 Å². The molecule has 1 atom stereocenters. The van der Waals surface area contributed by atoms with Crippen molar-refractivity contribution >= 4 is 44.8 Å². The van der Waals surface area contributed by atoms with Crippen LogP contribution >= 0.6 is 39.1 Å². The van der Waals surface area contributed by atoms with Crippen LogP contribution in [0, 0.1) is 0 Å². The molecule has 0 spiro atoms. The fraction of sp³-hybridized carbons (Fsp3) is 0.250. The third-order valence-electron chi connectivity index (χ3n) is 2.59. The van der Waals surface area contributed by atoms with Crippen molar-refractivity contribution in [3.63, 3.8) is 0 Å². The van der Waals surface area contributed by atoms with E-state index in [0.29, 0.717) is 10.0 Å². The Balaban J connectivity index is 2.24. The molecule has 2 aromatic rings. The number of benzene rings is 1. The quantitative estimate of drug-likeness (QED) is 0.873. The van der Waals surface area contributed by atoms with Crippen LogP contribution in [0.15, 0.2) is 29.0 Å². The smallest absolute Gasteiger partial charge is 0.0724 e. The van der Waals surface area contributed by atoms with Gasteiger partial charge in [-0.05, 0) is 19.1 Å². The van der Waals surface area contributed by atoms with E-state index < -0.39 is 0 Å². The topological polar surface area (TPSA) is 29.9 Å². The maximum absolute atomic E-state index is 6.17. The lowest BCUT2D eigenvalue weighted by atomic mass is 10.2. The van der Waals surface area contributed by atoms with Crippen molar-refractivity contribution < 1.29 is 0 Å². The zero-order valence-corrected chi connectivity index (χ0v) is 13.0. The van der Waals surface area contributed by atoms with Crippen LogP contribution in [0.5, 0.6) is 0 Å². The minimum atomic E-state index is 0.0786. The number of aromatic nitrogens is 2. The van der Waals surface area contributed by atoms with Crippen LogP contribution in [0.25, 0.3) is 0 Å². The minimum absolute atomic E-state index is 0.0786. The van der Waals surface area contributed by atoms with Gasteiger partial charge in [-0.1, -0.05) is 39.1 Å². The number of nitrogens with zero attached hydrogens (tertiary/aromatic N) is 2. The summed E-state index contributed by atoms with van der Waals surface area (Å²) in [7, 11) is 1.88. The second-order valence-corrected chi connectivity index (χ2v) is 5.79. The van der Waals surface area contributed by atoms with Gasteiger partial charge in [0.05, 0.1) is 28.0 Å². The molecule has 0 fully saturated rings. The van der Waals surface area contributed by atoms with Gasteiger partial charge < -0.3 is 5.32 Å². The highest BCUT2D eigenvalue weighted by Gasteiger charge is 2.12. The van der Waals surface area contributed by atoms with Crippen molar-refractivity contribution in [2.24, 2.45) is 7.05 Å². The summed E-state index contributed by atoms with van der Waals surface area (Å²) >= 11 is 15.7. The van der Waals surface area contributed by atoms with Crippen LogP contribution < -0.4 is 5.32 Å². The molecule has 1 N–H and O–H groups in total. The van der Waals surface area contributed by atoms with Crippen molar-refractivity contribution in [3.05, 3.63) is 44.6 Å². The molecule has 0 aliphatic carbocycles. The molecule has 0 saturated carbocycles. The Morgan fingerprint density at radius 3 is 2.44 bits per heavy atom. The Kier molecular flexibility index (Phi) is 4.20. The van der Waals surface area contributed by atoms with Gasteiger partial charge in [0.2, 0.25) is 0 Å². The number of rotatable bonds is 3. The highest BCUT2D eigenvalue weighted by atomic mass is 79.9. The minimum Gasteiger partial charge on any atom is -0.376 e. The predicted octanol–water partition coefficient (Wildman–Crippen LogP) is 4.66. The summed E-state index contributed by atoms with van der Waals surface area (Å²) in [6.07, 6.45) is 3.77. The standard InChI is InChI=1S/C12H12BrCl2N3/c1-7(8-5-16-18(2)6-8)17-12-10(14)3-9(13)4-11(12)15/h3-7,17H,1-2H3. The van der Waals surface area contributed by atoms with Gasteiger partial charge in [-0.3, -0.25) is 4.68 Å². The molecule has 0 aliphatic heterocycles. The molecular weight excluding hydrogens is 337 g/mol. The Morgan fingerprint density at radius 1 is 1.33 bits per heavy atom. The van der Waals surface area contributed by atoms with Crippen LogP contribution in [-0.4, -0.2) is 9.78 Å². The molecule has 18 heavy (non-hydrogen) atoms. The normalized spacial score (nSPS) is 12.5. The molecule has 0 saturated heterocycles. The summed E-state index contributed by atoms with van der Waals surface area (Å²) in [4.78, 5) is 0. The molecule has 2 rings (SSSR count). The number of nitrogens with one attached hydrogen (secondary N) is 1. The van der Waals surface area contributed by atoms with Crippen LogP contribution in [-0.2, 0) is 7.05 Å². The summed E-state index contributed by atoms with van der Waals surface area (Å²) < 4.78 is 2.62. The predicted molar refractivity (Wildman–Crippen MR) is 79.4 cm³/mol. The molecule has 0 bridgehead atoms. The molecule has 1 unspecified atom stereocenters. The number of hydrogen-bond donors (Lipinski definition) is 1. The van der Waals surface area contributed by atoms with Crippen LogP contribution in [0.3, 0.4) is 0 Å². The second kappa shape index (κ2) is 5.51. The van der Waals surface area contributed by atoms with Gasteiger partial charge >= 0.3 is 0 Å². The van der Waals surface area contributed by atoms with Gasteiger partial charge in [-0.25, -0.2) is 0 Å². The Hall–Kier alpha value is -0.710. The molecule has 0 radical (unpaired) electrons. The molecule has 1 aromatic heterocycles. The number of halogens is 3. The number of anilines is 1. The molecule has 3 nitrogen and oxygen atoms in total. The zero-order chi connectivity index (χ0) is 13.3. The Morgan fingerprint density at radius 2 is 1.94 bits per heavy atom. The van der Waals surface area contributed by atoms with Crippen molar-refractivity contribution in [2.45, 2.75) is 13.0 Å². The van der Waals surface area contributed by atoms with Gasteiger partial charge in [-0.2, -0.15) is 5.10 Å². The van der Waals surface area contributed by atoms with E-state index in [1.165, 1.54) is 0 Å². The summed E-state index contributed by atoms with van der Waals surface area (Å²) in [5.41, 5.74) is 1.81. The van der Waals surface area contributed by atoms with Crippen molar-refractivity contribution in [1.82, 2.24) is 9.78 Å². The molecule has 1 heterocycles. The van der Waals surface area contributed by atoms with Gasteiger partial charge in [0, 0.05) is 23.3 Å². The molecular formula is C12H12BrCl2N3. The van der Waals surface area contributed by atoms with Crippen LogP contribution in [0.1, 0.15) is 18.5 Å². The zero-order valence-electron chi connectivity index (χ0n) is 9.92. The van der Waals surface area contributed by atoms with E-state index in [0.717, 1.165) is 15.7 Å². The lowest BCUT2D eigenvalue weighted by Gasteiger charge is -2.16. The Labute approximate surface area is 124 Å². The van der Waals surface area contributed by atoms with Crippen molar-refractivity contribution in [2.75, 3.05) is 5.32 Å². The molecule has 96 valence electrons. The van der Waals surface area contributed by atoms with Gasteiger partial charge in [-0.15, -0.1) is 0 Å². The van der Waals surface area contributed by atoms with Crippen LogP contribution in [0.4, 0.5) is 5.69 Å². The van der Waals surface area contributed by atoms with E-state index >= 15 is 0 Å². The maximum Gasteiger partial charge on any atom is 0.0724 e. The lowest BCUT2D eigenvalue weighted by molar-refractivity contribution is 0.765. The first kappa shape index (κ1) is 13.7. The molecule has 1 aromatic carbocycles. The number of hydrogen-bond acceptors (Lipinski definition) is 2. The van der Waals surface area contributed by atoms with E-state index in [4.69, 9.17) is 23.2 Å². The first-order valence-electron chi connectivity index (χ1n) is 5.37. The average Bonchev–Trinajstić information content (AvgIpc) is 2.70. The van der Waals surface area contributed by atoms with E-state index in [1.807, 2.05) is 38.5 Å². The maximum atomic E-state index is 6.17. The largest absolute Gasteiger partial charge is 0.376 e. The summed E-state index contributed by atoms with van der Waals surface area (Å²) in [5, 5.41) is 8.61. The summed E-state index contributed by atoms with van der Waals surface area (Å²) in [6.45, 7) is 2.03. The summed E-state index contributed by atoms with van der Waals surface area (Å²) in [6, 6.07) is 3.70. The van der Waals surface area contributed by atoms with E-state index in [9.17, 15) is 0 Å². The highest BCUT2D eigenvalue weighted by Crippen LogP contribution is 2.35. The third kappa shape index (κ3) is 2.99. The Bertz CT molecular complexity index is 545. The van der Waals surface area contributed by atoms with Crippen molar-refractivity contribution in [1.29, 1.82) is 0 Å². The van der Waals surface area contributed by atoms with Crippen molar-refractivity contribution in [3.8, 4) is 0 Å². The molecule has 6 heteroatoms. The molecule has 0 aliphatic rings. The third-order valence-corrected chi connectivity index (χ3v) is 3.65. The van der Waals surface area contributed by atoms with E-state index in [2.05, 4.69) is 26.3 Å². The fourth-order valence-corrected chi connectivity index (χ4v) is 2.96. The first-order valence-corrected chi connectivity index (χ1v) is 6.92. The SMILES string of the molecule is CC(Nc1c(Cl)cc(Br)cc1Cl)c1cnn(C)c1. The average molecular weight is 349 g/mol. The van der Waals surface area contributed by atoms with Gasteiger partial charge in [0.25, 0.3) is 0 Å². The second-order valence-electron chi connectivity index (χ2n) is 4.06. The first-order chi connectivity index (χ1) is 8.47. The molecule has 0 amide bonds. The van der Waals surface area contributed by atoms with Gasteiger partial charge in [0.1, 0.15) is 0 Å². The fourth-order valence-electron chi connectivity index (χ4n) is 1.64. The van der Waals surface area contributed by atoms with E-state index in [1.54, 1.807) is 4.68 Å². The van der Waals surface area contributed by atoms with Crippen LogP contribution in [0.2, 0.25) is 10.0 Å². The summed E-state index contributed by atoms with van der Waals surface area (Å²) in [5.74, 6) is 0. The lowest BCUT2D eigenvalue weighted by Crippen LogP contribution is -2.06. The number of aryl methyl sites for hydroxylation is 1. The van der Waals surface area contributed by atoms with E-state index in [-0.39, 0.29) is 6.04 Å². The highest BCUT2D eigenvalue weighted by molar-refractivity contribution is 9.10. The monoisotopic (exact) mass is 347 g/mol.